The molecule has 0 spiro atoms. The molecule has 4 heteroatoms. The molecule has 0 amide bonds. The van der Waals surface area contributed by atoms with Crippen LogP contribution in [0.3, 0.4) is 0 Å². The van der Waals surface area contributed by atoms with Crippen LogP contribution in [0, 0.1) is 0 Å². The molecule has 0 bridgehead atoms. The number of nitrogens with two attached hydrogens (primary N) is 1. The minimum atomic E-state index is 0.531. The molecule has 0 radical (unpaired) electrons. The molecule has 0 unspecified atom stereocenters. The lowest BCUT2D eigenvalue weighted by molar-refractivity contribution is 0.331. The number of para-hydroxylation sites is 1. The number of aromatic nitrogens is 1. The molecule has 1 heterocycles. The number of aryl methyl sites for hydroxylation is 1. The van der Waals surface area contributed by atoms with Crippen LogP contribution < -0.4 is 10.5 Å². The molecule has 0 aliphatic rings. The highest BCUT2D eigenvalue weighted by molar-refractivity contribution is 7.18. The highest BCUT2D eigenvalue weighted by atomic mass is 32.1. The second kappa shape index (κ2) is 5.98. The summed E-state index contributed by atoms with van der Waals surface area (Å²) in [5.41, 5.74) is 6.43. The van der Waals surface area contributed by atoms with Gasteiger partial charge in [-0.2, -0.15) is 0 Å². The summed E-state index contributed by atoms with van der Waals surface area (Å²) in [5.74, 6) is 0.854. The topological polar surface area (TPSA) is 48.1 Å². The lowest BCUT2D eigenvalue weighted by Crippen LogP contribution is -2.10. The molecule has 1 aromatic heterocycles. The summed E-state index contributed by atoms with van der Waals surface area (Å²) in [7, 11) is 0. The molecule has 0 saturated carbocycles. The summed E-state index contributed by atoms with van der Waals surface area (Å²) < 4.78 is 6.81. The fourth-order valence-electron chi connectivity index (χ4n) is 1.69. The summed E-state index contributed by atoms with van der Waals surface area (Å²) in [6.07, 6.45) is 3.46. The Kier molecular flexibility index (Phi) is 4.34. The number of rotatable bonds is 6. The Bertz CT molecular complexity index is 481. The summed E-state index contributed by atoms with van der Waals surface area (Å²) >= 11 is 1.76. The van der Waals surface area contributed by atoms with Crippen molar-refractivity contribution >= 4 is 21.6 Å². The van der Waals surface area contributed by atoms with E-state index >= 15 is 0 Å². The first-order valence-electron chi connectivity index (χ1n) is 6.06. The second-order valence-electron chi connectivity index (χ2n) is 3.95. The molecule has 0 aliphatic heterocycles. The van der Waals surface area contributed by atoms with Gasteiger partial charge in [0.25, 0.3) is 0 Å². The third kappa shape index (κ3) is 2.96. The Morgan fingerprint density at radius 1 is 1.41 bits per heavy atom. The lowest BCUT2D eigenvalue weighted by Gasteiger charge is -2.03. The molecule has 3 nitrogen and oxygen atoms in total. The molecule has 0 fully saturated rings. The molecule has 0 saturated heterocycles. The van der Waals surface area contributed by atoms with Gasteiger partial charge < -0.3 is 10.5 Å². The van der Waals surface area contributed by atoms with Gasteiger partial charge in [0.05, 0.1) is 9.71 Å². The van der Waals surface area contributed by atoms with Crippen molar-refractivity contribution in [2.24, 2.45) is 5.73 Å². The first kappa shape index (κ1) is 12.3. The van der Waals surface area contributed by atoms with E-state index in [4.69, 9.17) is 10.5 Å². The van der Waals surface area contributed by atoms with E-state index in [0.717, 1.165) is 17.7 Å². The van der Waals surface area contributed by atoms with Crippen molar-refractivity contribution < 1.29 is 4.74 Å². The number of unbranched alkanes of at least 4 members (excludes halogenated alkanes) is 1. The molecule has 92 valence electrons. The number of hydrogen-bond donors (Lipinski definition) is 1. The van der Waals surface area contributed by atoms with Crippen molar-refractivity contribution in [3.63, 3.8) is 0 Å². The zero-order chi connectivity index (χ0) is 12.1. The molecule has 2 N–H and O–H groups in total. The SMILES string of the molecule is CCCCc1nc2c(OCCN)cccc2s1. The standard InChI is InChI=1S/C13H18N2OS/c1-2-3-7-12-15-13-10(16-9-8-14)5-4-6-11(13)17-12/h4-6H,2-3,7-9,14H2,1H3. The van der Waals surface area contributed by atoms with E-state index in [9.17, 15) is 0 Å². The average Bonchev–Trinajstić information content (AvgIpc) is 2.77. The van der Waals surface area contributed by atoms with Crippen LogP contribution in [-0.2, 0) is 6.42 Å². The molecule has 2 rings (SSSR count). The number of thiazole rings is 1. The van der Waals surface area contributed by atoms with Gasteiger partial charge >= 0.3 is 0 Å². The third-order valence-corrected chi connectivity index (χ3v) is 3.63. The normalized spacial score (nSPS) is 10.9. The Balaban J connectivity index is 2.25. The number of hydrogen-bond acceptors (Lipinski definition) is 4. The van der Waals surface area contributed by atoms with Gasteiger partial charge in [0.15, 0.2) is 0 Å². The molecule has 17 heavy (non-hydrogen) atoms. The Labute approximate surface area is 106 Å². The second-order valence-corrected chi connectivity index (χ2v) is 5.07. The van der Waals surface area contributed by atoms with Crippen LogP contribution in [-0.4, -0.2) is 18.1 Å². The summed E-state index contributed by atoms with van der Waals surface area (Å²) in [6, 6.07) is 6.06. The van der Waals surface area contributed by atoms with Crippen molar-refractivity contribution in [2.75, 3.05) is 13.2 Å². The minimum Gasteiger partial charge on any atom is -0.490 e. The highest BCUT2D eigenvalue weighted by Crippen LogP contribution is 2.30. The lowest BCUT2D eigenvalue weighted by atomic mass is 10.2. The molecule has 1 aromatic carbocycles. The van der Waals surface area contributed by atoms with E-state index < -0.39 is 0 Å². The number of benzene rings is 1. The van der Waals surface area contributed by atoms with Crippen molar-refractivity contribution in [3.8, 4) is 5.75 Å². The van der Waals surface area contributed by atoms with Crippen LogP contribution in [0.1, 0.15) is 24.8 Å². The summed E-state index contributed by atoms with van der Waals surface area (Å²) in [5, 5.41) is 1.20. The van der Waals surface area contributed by atoms with Gasteiger partial charge in [-0.05, 0) is 25.0 Å². The molecular formula is C13H18N2OS. The van der Waals surface area contributed by atoms with Crippen molar-refractivity contribution in [2.45, 2.75) is 26.2 Å². The van der Waals surface area contributed by atoms with Crippen LogP contribution in [0.4, 0.5) is 0 Å². The Hall–Kier alpha value is -1.13. The monoisotopic (exact) mass is 250 g/mol. The van der Waals surface area contributed by atoms with Crippen molar-refractivity contribution in [3.05, 3.63) is 23.2 Å². The fraction of sp³-hybridized carbons (Fsp3) is 0.462. The number of nitrogens with zero attached hydrogens (tertiary/aromatic N) is 1. The largest absolute Gasteiger partial charge is 0.490 e. The average molecular weight is 250 g/mol. The van der Waals surface area contributed by atoms with Crippen LogP contribution in [0.15, 0.2) is 18.2 Å². The minimum absolute atomic E-state index is 0.531. The zero-order valence-electron chi connectivity index (χ0n) is 10.1. The predicted octanol–water partition coefficient (Wildman–Crippen LogP) is 2.98. The van der Waals surface area contributed by atoms with Crippen LogP contribution >= 0.6 is 11.3 Å². The van der Waals surface area contributed by atoms with Gasteiger partial charge in [0.1, 0.15) is 17.9 Å². The summed E-state index contributed by atoms with van der Waals surface area (Å²) in [4.78, 5) is 4.66. The third-order valence-electron chi connectivity index (χ3n) is 2.55. The van der Waals surface area contributed by atoms with Gasteiger partial charge in [-0.25, -0.2) is 4.98 Å². The first-order valence-corrected chi connectivity index (χ1v) is 6.88. The smallest absolute Gasteiger partial charge is 0.146 e. The van der Waals surface area contributed by atoms with Gasteiger partial charge in [0.2, 0.25) is 0 Å². The quantitative estimate of drug-likeness (QED) is 0.857. The van der Waals surface area contributed by atoms with E-state index in [1.807, 2.05) is 12.1 Å². The highest BCUT2D eigenvalue weighted by Gasteiger charge is 2.08. The molecule has 2 aromatic rings. The Morgan fingerprint density at radius 2 is 2.29 bits per heavy atom. The van der Waals surface area contributed by atoms with E-state index in [2.05, 4.69) is 18.0 Å². The summed E-state index contributed by atoms with van der Waals surface area (Å²) in [6.45, 7) is 3.27. The molecule has 0 aliphatic carbocycles. The van der Waals surface area contributed by atoms with Gasteiger partial charge in [-0.15, -0.1) is 11.3 Å². The van der Waals surface area contributed by atoms with E-state index in [1.54, 1.807) is 11.3 Å². The zero-order valence-corrected chi connectivity index (χ0v) is 10.9. The molecular weight excluding hydrogens is 232 g/mol. The fourth-order valence-corrected chi connectivity index (χ4v) is 2.72. The number of ether oxygens (including phenoxy) is 1. The van der Waals surface area contributed by atoms with Gasteiger partial charge in [-0.3, -0.25) is 0 Å². The van der Waals surface area contributed by atoms with E-state index in [0.29, 0.717) is 13.2 Å². The van der Waals surface area contributed by atoms with Gasteiger partial charge in [-0.1, -0.05) is 19.4 Å². The first-order chi connectivity index (χ1) is 8.35. The van der Waals surface area contributed by atoms with Crippen molar-refractivity contribution in [1.82, 2.24) is 4.98 Å². The van der Waals surface area contributed by atoms with Crippen LogP contribution in [0.2, 0.25) is 0 Å². The number of fused-ring (bicyclic) bond motifs is 1. The van der Waals surface area contributed by atoms with Crippen LogP contribution in [0.25, 0.3) is 10.2 Å². The van der Waals surface area contributed by atoms with Gasteiger partial charge in [0, 0.05) is 6.54 Å². The predicted molar refractivity (Wildman–Crippen MR) is 72.8 cm³/mol. The molecule has 0 atom stereocenters. The van der Waals surface area contributed by atoms with E-state index in [1.165, 1.54) is 22.5 Å². The van der Waals surface area contributed by atoms with E-state index in [-0.39, 0.29) is 0 Å². The maximum Gasteiger partial charge on any atom is 0.146 e. The van der Waals surface area contributed by atoms with Crippen molar-refractivity contribution in [1.29, 1.82) is 0 Å². The maximum atomic E-state index is 5.61. The Morgan fingerprint density at radius 3 is 3.06 bits per heavy atom. The van der Waals surface area contributed by atoms with Crippen LogP contribution in [0.5, 0.6) is 5.75 Å². The maximum absolute atomic E-state index is 5.61.